The van der Waals surface area contributed by atoms with E-state index in [4.69, 9.17) is 0 Å². The number of aromatic nitrogens is 2. The lowest BCUT2D eigenvalue weighted by atomic mass is 10.1. The number of nitrogens with one attached hydrogen (secondary N) is 2. The maximum atomic E-state index is 12.0. The molecule has 2 amide bonds. The monoisotopic (exact) mass is 334 g/mol. The van der Waals surface area contributed by atoms with Gasteiger partial charge in [0.15, 0.2) is 0 Å². The minimum Gasteiger partial charge on any atom is -0.392 e. The van der Waals surface area contributed by atoms with Crippen LogP contribution < -0.4 is 10.6 Å². The summed E-state index contributed by atoms with van der Waals surface area (Å²) < 4.78 is 0. The maximum absolute atomic E-state index is 12.0. The number of amides is 2. The van der Waals surface area contributed by atoms with E-state index in [9.17, 15) is 9.90 Å². The summed E-state index contributed by atoms with van der Waals surface area (Å²) in [4.78, 5) is 12.0. The molecule has 23 heavy (non-hydrogen) atoms. The molecule has 0 atom stereocenters. The fourth-order valence-electron chi connectivity index (χ4n) is 2.29. The van der Waals surface area contributed by atoms with E-state index in [1.165, 1.54) is 11.3 Å². The summed E-state index contributed by atoms with van der Waals surface area (Å²) in [5, 5.41) is 24.4. The van der Waals surface area contributed by atoms with E-state index in [0.29, 0.717) is 17.6 Å². The highest BCUT2D eigenvalue weighted by Crippen LogP contribution is 2.27. The molecule has 0 saturated heterocycles. The molecular formula is C16H22N4O2S. The predicted octanol–water partition coefficient (Wildman–Crippen LogP) is 3.26. The molecule has 1 aromatic carbocycles. The molecule has 6 nitrogen and oxygen atoms in total. The number of benzene rings is 1. The molecule has 2 aromatic rings. The molecule has 0 fully saturated rings. The molecule has 0 aliphatic rings. The highest BCUT2D eigenvalue weighted by molar-refractivity contribution is 7.15. The first-order valence-electron chi connectivity index (χ1n) is 7.73. The molecule has 124 valence electrons. The van der Waals surface area contributed by atoms with Crippen molar-refractivity contribution in [2.75, 3.05) is 5.32 Å². The van der Waals surface area contributed by atoms with Gasteiger partial charge in [-0.15, -0.1) is 10.2 Å². The summed E-state index contributed by atoms with van der Waals surface area (Å²) in [6.45, 7) is 4.54. The van der Waals surface area contributed by atoms with Gasteiger partial charge in [0.2, 0.25) is 5.13 Å². The molecule has 0 spiro atoms. The Bertz CT molecular complexity index is 641. The summed E-state index contributed by atoms with van der Waals surface area (Å²) in [6.07, 6.45) is 2.02. The van der Waals surface area contributed by atoms with Crippen LogP contribution in [0, 0.1) is 0 Å². The zero-order valence-corrected chi connectivity index (χ0v) is 14.2. The molecule has 1 aromatic heterocycles. The van der Waals surface area contributed by atoms with Gasteiger partial charge in [-0.3, -0.25) is 5.32 Å². The summed E-state index contributed by atoms with van der Waals surface area (Å²) in [7, 11) is 0. The largest absolute Gasteiger partial charge is 0.392 e. The van der Waals surface area contributed by atoms with Crippen LogP contribution in [0.2, 0.25) is 0 Å². The first-order chi connectivity index (χ1) is 11.2. The highest BCUT2D eigenvalue weighted by Gasteiger charge is 2.14. The maximum Gasteiger partial charge on any atom is 0.321 e. The highest BCUT2D eigenvalue weighted by atomic mass is 32.1. The normalized spacial score (nSPS) is 10.8. The summed E-state index contributed by atoms with van der Waals surface area (Å²) in [5.74, 6) is 0.391. The average molecular weight is 334 g/mol. The van der Waals surface area contributed by atoms with Gasteiger partial charge >= 0.3 is 6.03 Å². The topological polar surface area (TPSA) is 87.1 Å². The van der Waals surface area contributed by atoms with Crippen LogP contribution in [0.15, 0.2) is 24.3 Å². The number of hydrogen-bond acceptors (Lipinski definition) is 5. The molecule has 2 rings (SSSR count). The smallest absolute Gasteiger partial charge is 0.321 e. The zero-order valence-electron chi connectivity index (χ0n) is 13.4. The Kier molecular flexibility index (Phi) is 6.49. The number of rotatable bonds is 7. The lowest BCUT2D eigenvalue weighted by Crippen LogP contribution is -2.28. The fourth-order valence-corrected chi connectivity index (χ4v) is 3.29. The van der Waals surface area contributed by atoms with E-state index >= 15 is 0 Å². The van der Waals surface area contributed by atoms with Gasteiger partial charge in [-0.25, -0.2) is 4.79 Å². The van der Waals surface area contributed by atoms with Crippen molar-refractivity contribution in [2.45, 2.75) is 45.8 Å². The molecule has 0 saturated carbocycles. The summed E-state index contributed by atoms with van der Waals surface area (Å²) in [5.41, 5.74) is 1.69. The Balaban J connectivity index is 1.90. The van der Waals surface area contributed by atoms with Gasteiger partial charge < -0.3 is 10.4 Å². The minimum absolute atomic E-state index is 0.0470. The number of carbonyl (C=O) groups is 1. The number of nitrogens with zero attached hydrogens (tertiary/aromatic N) is 2. The first kappa shape index (κ1) is 17.4. The van der Waals surface area contributed by atoms with Gasteiger partial charge in [0.1, 0.15) is 5.01 Å². The van der Waals surface area contributed by atoms with Crippen LogP contribution in [-0.2, 0) is 13.2 Å². The molecule has 0 aliphatic heterocycles. The molecule has 7 heteroatoms. The van der Waals surface area contributed by atoms with Crippen molar-refractivity contribution in [2.24, 2.45) is 0 Å². The van der Waals surface area contributed by atoms with Crippen LogP contribution in [0.1, 0.15) is 48.7 Å². The quantitative estimate of drug-likeness (QED) is 0.725. The van der Waals surface area contributed by atoms with Crippen molar-refractivity contribution in [3.8, 4) is 0 Å². The SMILES string of the molecule is CCC(CC)c1nnc(NC(=O)NCc2ccccc2CO)s1. The second kappa shape index (κ2) is 8.59. The van der Waals surface area contributed by atoms with Crippen LogP contribution in [-0.4, -0.2) is 21.3 Å². The fraction of sp³-hybridized carbons (Fsp3) is 0.438. The zero-order chi connectivity index (χ0) is 16.7. The number of anilines is 1. The standard InChI is InChI=1S/C16H22N4O2S/c1-3-11(4-2)14-19-20-16(23-14)18-15(22)17-9-12-7-5-6-8-13(12)10-21/h5-8,11,21H,3-4,9-10H2,1-2H3,(H2,17,18,20,22). The van der Waals surface area contributed by atoms with Crippen LogP contribution in [0.5, 0.6) is 0 Å². The average Bonchev–Trinajstić information content (AvgIpc) is 3.02. The first-order valence-corrected chi connectivity index (χ1v) is 8.55. The van der Waals surface area contributed by atoms with Gasteiger partial charge in [-0.1, -0.05) is 49.4 Å². The molecular weight excluding hydrogens is 312 g/mol. The third kappa shape index (κ3) is 4.74. The lowest BCUT2D eigenvalue weighted by molar-refractivity contribution is 0.251. The van der Waals surface area contributed by atoms with Crippen molar-refractivity contribution in [1.29, 1.82) is 0 Å². The Hall–Kier alpha value is -1.99. The number of hydrogen-bond donors (Lipinski definition) is 3. The lowest BCUT2D eigenvalue weighted by Gasteiger charge is -2.09. The third-order valence-electron chi connectivity index (χ3n) is 3.72. The van der Waals surface area contributed by atoms with E-state index < -0.39 is 0 Å². The Morgan fingerprint density at radius 2 is 1.91 bits per heavy atom. The van der Waals surface area contributed by atoms with Crippen molar-refractivity contribution in [3.63, 3.8) is 0 Å². The van der Waals surface area contributed by atoms with Gasteiger partial charge in [0, 0.05) is 12.5 Å². The van der Waals surface area contributed by atoms with Gasteiger partial charge in [0.25, 0.3) is 0 Å². The van der Waals surface area contributed by atoms with Crippen molar-refractivity contribution < 1.29 is 9.90 Å². The van der Waals surface area contributed by atoms with Crippen LogP contribution >= 0.6 is 11.3 Å². The van der Waals surface area contributed by atoms with Crippen LogP contribution in [0.25, 0.3) is 0 Å². The van der Waals surface area contributed by atoms with Crippen molar-refractivity contribution >= 4 is 22.5 Å². The Labute approximate surface area is 140 Å². The Morgan fingerprint density at radius 1 is 1.22 bits per heavy atom. The molecule has 0 unspecified atom stereocenters. The number of aliphatic hydroxyl groups is 1. The molecule has 1 heterocycles. The predicted molar refractivity (Wildman–Crippen MR) is 91.5 cm³/mol. The van der Waals surface area contributed by atoms with Crippen molar-refractivity contribution in [3.05, 3.63) is 40.4 Å². The Morgan fingerprint density at radius 3 is 2.57 bits per heavy atom. The van der Waals surface area contributed by atoms with E-state index in [2.05, 4.69) is 34.7 Å². The van der Waals surface area contributed by atoms with E-state index in [1.54, 1.807) is 0 Å². The molecule has 0 aliphatic carbocycles. The van der Waals surface area contributed by atoms with Gasteiger partial charge in [0.05, 0.1) is 6.61 Å². The second-order valence-corrected chi connectivity index (χ2v) is 6.20. The summed E-state index contributed by atoms with van der Waals surface area (Å²) >= 11 is 1.41. The van der Waals surface area contributed by atoms with Gasteiger partial charge in [-0.05, 0) is 24.0 Å². The molecule has 0 radical (unpaired) electrons. The number of aliphatic hydroxyl groups excluding tert-OH is 1. The second-order valence-electron chi connectivity index (χ2n) is 5.19. The van der Waals surface area contributed by atoms with Gasteiger partial charge in [-0.2, -0.15) is 0 Å². The number of urea groups is 1. The number of carbonyl (C=O) groups excluding carboxylic acids is 1. The van der Waals surface area contributed by atoms with E-state index in [0.717, 1.165) is 29.0 Å². The third-order valence-corrected chi connectivity index (χ3v) is 4.73. The summed E-state index contributed by atoms with van der Waals surface area (Å²) in [6, 6.07) is 7.12. The van der Waals surface area contributed by atoms with E-state index in [-0.39, 0.29) is 12.6 Å². The van der Waals surface area contributed by atoms with E-state index in [1.807, 2.05) is 24.3 Å². The van der Waals surface area contributed by atoms with Crippen LogP contribution in [0.3, 0.4) is 0 Å². The van der Waals surface area contributed by atoms with Crippen LogP contribution in [0.4, 0.5) is 9.93 Å². The molecule has 0 bridgehead atoms. The minimum atomic E-state index is -0.329. The molecule has 3 N–H and O–H groups in total. The van der Waals surface area contributed by atoms with Crippen molar-refractivity contribution in [1.82, 2.24) is 15.5 Å².